The van der Waals surface area contributed by atoms with Gasteiger partial charge in [0.05, 0.1) is 12.6 Å². The number of benzene rings is 1. The van der Waals surface area contributed by atoms with Gasteiger partial charge in [0.15, 0.2) is 0 Å². The van der Waals surface area contributed by atoms with Crippen LogP contribution in [0.1, 0.15) is 31.2 Å². The normalized spacial score (nSPS) is 22.8. The summed E-state index contributed by atoms with van der Waals surface area (Å²) in [6.45, 7) is 4.63. The number of carboxylic acids is 1. The fraction of sp³-hybridized carbons (Fsp3) is 0.600. The minimum Gasteiger partial charge on any atom is -0.480 e. The Balaban J connectivity index is 1.60. The van der Waals surface area contributed by atoms with Crippen LogP contribution in [0.5, 0.6) is 0 Å². The third kappa shape index (κ3) is 4.24. The number of amides is 1. The van der Waals surface area contributed by atoms with Crippen LogP contribution in [-0.4, -0.2) is 72.1 Å². The lowest BCUT2D eigenvalue weighted by molar-refractivity contribution is -0.138. The molecule has 1 atom stereocenters. The van der Waals surface area contributed by atoms with Gasteiger partial charge < -0.3 is 10.0 Å². The Morgan fingerprint density at radius 3 is 2.42 bits per heavy atom. The molecule has 0 bridgehead atoms. The van der Waals surface area contributed by atoms with Crippen molar-refractivity contribution in [3.05, 3.63) is 29.8 Å². The minimum absolute atomic E-state index is 0.0456. The molecular weight excluding hydrogens is 330 g/mol. The smallest absolute Gasteiger partial charge is 0.317 e. The molecule has 6 nitrogen and oxygen atoms in total. The van der Waals surface area contributed by atoms with Gasteiger partial charge in [0.1, 0.15) is 0 Å². The summed E-state index contributed by atoms with van der Waals surface area (Å²) < 4.78 is 0. The molecule has 2 aliphatic heterocycles. The van der Waals surface area contributed by atoms with Crippen LogP contribution in [0.3, 0.4) is 0 Å². The van der Waals surface area contributed by atoms with Gasteiger partial charge in [0.2, 0.25) is 5.91 Å². The Morgan fingerprint density at radius 1 is 1.15 bits per heavy atom. The first kappa shape index (κ1) is 18.9. The van der Waals surface area contributed by atoms with E-state index in [4.69, 9.17) is 5.11 Å². The Bertz CT molecular complexity index is 638. The largest absolute Gasteiger partial charge is 0.480 e. The number of anilines is 1. The molecule has 0 aromatic heterocycles. The molecule has 26 heavy (non-hydrogen) atoms. The third-order valence-electron chi connectivity index (χ3n) is 5.70. The average Bonchev–Trinajstić information content (AvgIpc) is 2.62. The maximum Gasteiger partial charge on any atom is 0.317 e. The van der Waals surface area contributed by atoms with Crippen molar-refractivity contribution in [2.45, 2.75) is 44.7 Å². The molecule has 1 amide bonds. The highest BCUT2D eigenvalue weighted by atomic mass is 16.4. The van der Waals surface area contributed by atoms with Gasteiger partial charge in [-0.1, -0.05) is 17.7 Å². The van der Waals surface area contributed by atoms with E-state index in [1.165, 1.54) is 5.56 Å². The fourth-order valence-corrected chi connectivity index (χ4v) is 4.16. The summed E-state index contributed by atoms with van der Waals surface area (Å²) in [6, 6.07) is 8.40. The fourth-order valence-electron chi connectivity index (χ4n) is 4.16. The van der Waals surface area contributed by atoms with Gasteiger partial charge in [0, 0.05) is 31.4 Å². The maximum atomic E-state index is 13.1. The molecular formula is C20H29N3O3. The Hall–Kier alpha value is -1.92. The lowest BCUT2D eigenvalue weighted by Gasteiger charge is -2.43. The predicted molar refractivity (Wildman–Crippen MR) is 101 cm³/mol. The summed E-state index contributed by atoms with van der Waals surface area (Å²) in [7, 11) is 1.87. The standard InChI is InChI=1S/C20H29N3O3/c1-15-5-7-17(8-6-15)23-11-3-4-18(20(23)26)22-12-9-16(10-13-22)21(2)14-19(24)25/h5-8,16,18H,3-4,9-14H2,1-2H3,(H,24,25). The summed E-state index contributed by atoms with van der Waals surface area (Å²) in [5.41, 5.74) is 2.18. The number of rotatable bonds is 5. The van der Waals surface area contributed by atoms with Gasteiger partial charge >= 0.3 is 5.97 Å². The molecule has 2 heterocycles. The van der Waals surface area contributed by atoms with Crippen LogP contribution in [0.2, 0.25) is 0 Å². The number of hydrogen-bond acceptors (Lipinski definition) is 4. The van der Waals surface area contributed by atoms with E-state index in [0.29, 0.717) is 0 Å². The van der Waals surface area contributed by atoms with Crippen LogP contribution in [0.4, 0.5) is 5.69 Å². The number of likely N-dealkylation sites (N-methyl/N-ethyl adjacent to an activating group) is 1. The SMILES string of the molecule is Cc1ccc(N2CCCC(N3CCC(N(C)CC(=O)O)CC3)C2=O)cc1. The molecule has 3 rings (SSSR count). The van der Waals surface area contributed by atoms with E-state index in [2.05, 4.69) is 24.0 Å². The molecule has 0 aliphatic carbocycles. The maximum absolute atomic E-state index is 13.1. The number of hydrogen-bond donors (Lipinski definition) is 1. The molecule has 0 saturated carbocycles. The number of carbonyl (C=O) groups excluding carboxylic acids is 1. The van der Waals surface area contributed by atoms with Crippen molar-refractivity contribution < 1.29 is 14.7 Å². The predicted octanol–water partition coefficient (Wildman–Crippen LogP) is 1.97. The summed E-state index contributed by atoms with van der Waals surface area (Å²) in [5, 5.41) is 8.96. The minimum atomic E-state index is -0.786. The van der Waals surface area contributed by atoms with Gasteiger partial charge in [0.25, 0.3) is 0 Å². The highest BCUT2D eigenvalue weighted by Gasteiger charge is 2.36. The topological polar surface area (TPSA) is 64.1 Å². The summed E-state index contributed by atoms with van der Waals surface area (Å²) in [6.07, 6.45) is 3.76. The van der Waals surface area contributed by atoms with Crippen molar-refractivity contribution >= 4 is 17.6 Å². The summed E-state index contributed by atoms with van der Waals surface area (Å²) in [4.78, 5) is 30.1. The first-order valence-electron chi connectivity index (χ1n) is 9.50. The molecule has 2 aliphatic rings. The number of likely N-dealkylation sites (tertiary alicyclic amines) is 1. The molecule has 1 N–H and O–H groups in total. The number of aryl methyl sites for hydroxylation is 1. The van der Waals surface area contributed by atoms with Crippen LogP contribution in [0, 0.1) is 6.92 Å². The molecule has 0 radical (unpaired) electrons. The van der Waals surface area contributed by atoms with E-state index >= 15 is 0 Å². The Morgan fingerprint density at radius 2 is 1.81 bits per heavy atom. The second-order valence-corrected chi connectivity index (χ2v) is 7.56. The number of carboxylic acid groups (broad SMARTS) is 1. The molecule has 1 unspecified atom stereocenters. The van der Waals surface area contributed by atoms with E-state index in [0.717, 1.165) is 51.0 Å². The van der Waals surface area contributed by atoms with Gasteiger partial charge in [-0.15, -0.1) is 0 Å². The van der Waals surface area contributed by atoms with Crippen molar-refractivity contribution in [1.82, 2.24) is 9.80 Å². The van der Waals surface area contributed by atoms with Crippen molar-refractivity contribution in [3.63, 3.8) is 0 Å². The zero-order chi connectivity index (χ0) is 18.7. The number of nitrogens with zero attached hydrogens (tertiary/aromatic N) is 3. The Kier molecular flexibility index (Phi) is 5.94. The highest BCUT2D eigenvalue weighted by Crippen LogP contribution is 2.26. The summed E-state index contributed by atoms with van der Waals surface area (Å²) >= 11 is 0. The zero-order valence-electron chi connectivity index (χ0n) is 15.7. The van der Waals surface area contributed by atoms with Crippen molar-refractivity contribution in [3.8, 4) is 0 Å². The first-order valence-corrected chi connectivity index (χ1v) is 9.50. The van der Waals surface area contributed by atoms with E-state index < -0.39 is 5.97 Å². The van der Waals surface area contributed by atoms with E-state index in [-0.39, 0.29) is 24.5 Å². The lowest BCUT2D eigenvalue weighted by Crippen LogP contribution is -2.56. The zero-order valence-corrected chi connectivity index (χ0v) is 15.7. The molecule has 0 spiro atoms. The number of piperidine rings is 2. The van der Waals surface area contributed by atoms with Gasteiger partial charge in [-0.25, -0.2) is 0 Å². The number of carbonyl (C=O) groups is 2. The lowest BCUT2D eigenvalue weighted by atomic mass is 9.97. The monoisotopic (exact) mass is 359 g/mol. The molecule has 142 valence electrons. The molecule has 6 heteroatoms. The van der Waals surface area contributed by atoms with E-state index in [9.17, 15) is 9.59 Å². The van der Waals surface area contributed by atoms with E-state index in [1.54, 1.807) is 0 Å². The van der Waals surface area contributed by atoms with Crippen LogP contribution < -0.4 is 4.90 Å². The Labute approximate surface area is 155 Å². The van der Waals surface area contributed by atoms with E-state index in [1.807, 2.05) is 29.0 Å². The number of aliphatic carboxylic acids is 1. The highest BCUT2D eigenvalue weighted by molar-refractivity contribution is 5.97. The van der Waals surface area contributed by atoms with Crippen molar-refractivity contribution in [1.29, 1.82) is 0 Å². The third-order valence-corrected chi connectivity index (χ3v) is 5.70. The molecule has 1 aromatic carbocycles. The van der Waals surface area contributed by atoms with Crippen LogP contribution in [-0.2, 0) is 9.59 Å². The quantitative estimate of drug-likeness (QED) is 0.871. The average molecular weight is 359 g/mol. The van der Waals surface area contributed by atoms with Crippen molar-refractivity contribution in [2.75, 3.05) is 38.1 Å². The van der Waals surface area contributed by atoms with Crippen molar-refractivity contribution in [2.24, 2.45) is 0 Å². The van der Waals surface area contributed by atoms with Gasteiger partial charge in [-0.2, -0.15) is 0 Å². The molecule has 2 fully saturated rings. The second kappa shape index (κ2) is 8.18. The summed E-state index contributed by atoms with van der Waals surface area (Å²) in [5.74, 6) is -0.580. The van der Waals surface area contributed by atoms with Crippen LogP contribution in [0.15, 0.2) is 24.3 Å². The first-order chi connectivity index (χ1) is 12.5. The molecule has 1 aromatic rings. The van der Waals surface area contributed by atoms with Gasteiger partial charge in [-0.05, 0) is 51.8 Å². The second-order valence-electron chi connectivity index (χ2n) is 7.56. The molecule has 2 saturated heterocycles. The van der Waals surface area contributed by atoms with Crippen LogP contribution >= 0.6 is 0 Å². The van der Waals surface area contributed by atoms with Gasteiger partial charge in [-0.3, -0.25) is 19.4 Å². The van der Waals surface area contributed by atoms with Crippen LogP contribution in [0.25, 0.3) is 0 Å².